The highest BCUT2D eigenvalue weighted by Crippen LogP contribution is 2.19. The summed E-state index contributed by atoms with van der Waals surface area (Å²) in [5.74, 6) is 0.845. The summed E-state index contributed by atoms with van der Waals surface area (Å²) < 4.78 is 6.01. The highest BCUT2D eigenvalue weighted by molar-refractivity contribution is 5.74. The molecule has 1 aromatic carbocycles. The number of piperidine rings is 1. The zero-order chi connectivity index (χ0) is 12.8. The van der Waals surface area contributed by atoms with Crippen LogP contribution in [0.15, 0.2) is 24.3 Å². The van der Waals surface area contributed by atoms with Crippen LogP contribution in [-0.2, 0) is 0 Å². The molecule has 2 rings (SSSR count). The molecule has 0 N–H and O–H groups in total. The molecule has 1 fully saturated rings. The zero-order valence-electron chi connectivity index (χ0n) is 11.0. The minimum Gasteiger partial charge on any atom is -0.475 e. The van der Waals surface area contributed by atoms with E-state index in [0.29, 0.717) is 5.56 Å². The van der Waals surface area contributed by atoms with Crippen molar-refractivity contribution in [1.29, 1.82) is 0 Å². The number of aldehydes is 1. The molecular weight excluding hydrogens is 226 g/mol. The second-order valence-corrected chi connectivity index (χ2v) is 4.76. The van der Waals surface area contributed by atoms with Gasteiger partial charge in [0.2, 0.25) is 0 Å². The van der Waals surface area contributed by atoms with E-state index in [0.717, 1.165) is 31.5 Å². The van der Waals surface area contributed by atoms with Crippen molar-refractivity contribution in [3.63, 3.8) is 0 Å². The van der Waals surface area contributed by atoms with Gasteiger partial charge in [-0.3, -0.25) is 9.69 Å². The first-order chi connectivity index (χ1) is 8.83. The molecule has 3 heteroatoms. The molecule has 1 unspecified atom stereocenters. The molecule has 1 atom stereocenters. The van der Waals surface area contributed by atoms with Gasteiger partial charge in [-0.15, -0.1) is 0 Å². The van der Waals surface area contributed by atoms with Gasteiger partial charge < -0.3 is 4.74 Å². The molecule has 0 bridgehead atoms. The first-order valence-electron chi connectivity index (χ1n) is 6.79. The van der Waals surface area contributed by atoms with Crippen LogP contribution in [0.2, 0.25) is 0 Å². The minimum atomic E-state index is 0.160. The van der Waals surface area contributed by atoms with Gasteiger partial charge in [0.1, 0.15) is 12.0 Å². The fourth-order valence-corrected chi connectivity index (χ4v) is 2.40. The predicted molar refractivity (Wildman–Crippen MR) is 72.0 cm³/mol. The smallest absolute Gasteiger partial charge is 0.152 e. The second-order valence-electron chi connectivity index (χ2n) is 4.76. The Morgan fingerprint density at radius 3 is 2.44 bits per heavy atom. The average molecular weight is 247 g/mol. The van der Waals surface area contributed by atoms with E-state index in [9.17, 15) is 4.79 Å². The molecule has 1 aliphatic heterocycles. The molecule has 0 spiro atoms. The third-order valence-electron chi connectivity index (χ3n) is 3.44. The normalized spacial score (nSPS) is 18.3. The van der Waals surface area contributed by atoms with E-state index in [2.05, 4.69) is 11.8 Å². The van der Waals surface area contributed by atoms with Crippen LogP contribution in [0.25, 0.3) is 0 Å². The van der Waals surface area contributed by atoms with E-state index in [1.165, 1.54) is 19.3 Å². The zero-order valence-corrected chi connectivity index (χ0v) is 11.0. The largest absolute Gasteiger partial charge is 0.475 e. The molecular formula is C15H21NO2. The SMILES string of the molecule is CCC(Oc1ccc(C=O)cc1)N1CCCCC1. The van der Waals surface area contributed by atoms with Crippen LogP contribution in [0.4, 0.5) is 0 Å². The lowest BCUT2D eigenvalue weighted by atomic mass is 10.1. The van der Waals surface area contributed by atoms with Crippen LogP contribution in [0.1, 0.15) is 43.0 Å². The maximum atomic E-state index is 10.6. The molecule has 1 aromatic rings. The van der Waals surface area contributed by atoms with E-state index < -0.39 is 0 Å². The number of benzene rings is 1. The van der Waals surface area contributed by atoms with Crippen molar-refractivity contribution in [2.75, 3.05) is 13.1 Å². The maximum absolute atomic E-state index is 10.6. The van der Waals surface area contributed by atoms with Gasteiger partial charge in [-0.2, -0.15) is 0 Å². The lowest BCUT2D eigenvalue weighted by Gasteiger charge is -2.34. The number of hydrogen-bond donors (Lipinski definition) is 0. The van der Waals surface area contributed by atoms with Crippen molar-refractivity contribution < 1.29 is 9.53 Å². The maximum Gasteiger partial charge on any atom is 0.152 e. The summed E-state index contributed by atoms with van der Waals surface area (Å²) in [4.78, 5) is 13.0. The van der Waals surface area contributed by atoms with Gasteiger partial charge in [-0.25, -0.2) is 0 Å². The Labute approximate surface area is 109 Å². The molecule has 1 saturated heterocycles. The number of nitrogens with zero attached hydrogens (tertiary/aromatic N) is 1. The third kappa shape index (κ3) is 3.33. The van der Waals surface area contributed by atoms with Crippen LogP contribution in [0, 0.1) is 0 Å². The third-order valence-corrected chi connectivity index (χ3v) is 3.44. The van der Waals surface area contributed by atoms with E-state index in [4.69, 9.17) is 4.74 Å². The van der Waals surface area contributed by atoms with Crippen LogP contribution < -0.4 is 4.74 Å². The lowest BCUT2D eigenvalue weighted by molar-refractivity contribution is 0.00982. The highest BCUT2D eigenvalue weighted by Gasteiger charge is 2.20. The Balaban J connectivity index is 1.97. The van der Waals surface area contributed by atoms with Crippen LogP contribution in [0.5, 0.6) is 5.75 Å². The molecule has 0 aliphatic carbocycles. The Bertz CT molecular complexity index is 369. The summed E-state index contributed by atoms with van der Waals surface area (Å²) >= 11 is 0. The standard InChI is InChI=1S/C15H21NO2/c1-2-15(16-10-4-3-5-11-16)18-14-8-6-13(12-17)7-9-14/h6-9,12,15H,2-5,10-11H2,1H3. The number of likely N-dealkylation sites (tertiary alicyclic amines) is 1. The summed E-state index contributed by atoms with van der Waals surface area (Å²) in [6.07, 6.45) is 5.86. The molecule has 0 amide bonds. The average Bonchev–Trinajstić information content (AvgIpc) is 2.46. The Hall–Kier alpha value is -1.35. The molecule has 1 aliphatic rings. The number of hydrogen-bond acceptors (Lipinski definition) is 3. The van der Waals surface area contributed by atoms with Gasteiger partial charge in [0.05, 0.1) is 0 Å². The topological polar surface area (TPSA) is 29.5 Å². The van der Waals surface area contributed by atoms with Gasteiger partial charge in [0, 0.05) is 18.7 Å². The number of ether oxygens (including phenoxy) is 1. The molecule has 18 heavy (non-hydrogen) atoms. The fraction of sp³-hybridized carbons (Fsp3) is 0.533. The first kappa shape index (κ1) is 13.1. The van der Waals surface area contributed by atoms with Crippen molar-refractivity contribution in [3.8, 4) is 5.75 Å². The van der Waals surface area contributed by atoms with Crippen LogP contribution in [-0.4, -0.2) is 30.5 Å². The van der Waals surface area contributed by atoms with Crippen molar-refractivity contribution in [2.45, 2.75) is 38.8 Å². The number of carbonyl (C=O) groups is 1. The van der Waals surface area contributed by atoms with E-state index in [-0.39, 0.29) is 6.23 Å². The van der Waals surface area contributed by atoms with Gasteiger partial charge in [0.25, 0.3) is 0 Å². The van der Waals surface area contributed by atoms with Gasteiger partial charge in [0.15, 0.2) is 6.23 Å². The van der Waals surface area contributed by atoms with Crippen molar-refractivity contribution in [2.24, 2.45) is 0 Å². The molecule has 0 aromatic heterocycles. The molecule has 98 valence electrons. The van der Waals surface area contributed by atoms with Crippen molar-refractivity contribution >= 4 is 6.29 Å². The van der Waals surface area contributed by atoms with E-state index in [1.54, 1.807) is 12.1 Å². The fourth-order valence-electron chi connectivity index (χ4n) is 2.40. The summed E-state index contributed by atoms with van der Waals surface area (Å²) in [6.45, 7) is 4.41. The van der Waals surface area contributed by atoms with Gasteiger partial charge in [-0.1, -0.05) is 13.3 Å². The summed E-state index contributed by atoms with van der Waals surface area (Å²) in [7, 11) is 0. The Morgan fingerprint density at radius 2 is 1.89 bits per heavy atom. The summed E-state index contributed by atoms with van der Waals surface area (Å²) in [5.41, 5.74) is 0.688. The monoisotopic (exact) mass is 247 g/mol. The van der Waals surface area contributed by atoms with E-state index in [1.807, 2.05) is 12.1 Å². The molecule has 1 heterocycles. The molecule has 0 saturated carbocycles. The second kappa shape index (κ2) is 6.55. The van der Waals surface area contributed by atoms with Crippen molar-refractivity contribution in [1.82, 2.24) is 4.90 Å². The van der Waals surface area contributed by atoms with Crippen molar-refractivity contribution in [3.05, 3.63) is 29.8 Å². The highest BCUT2D eigenvalue weighted by atomic mass is 16.5. The lowest BCUT2D eigenvalue weighted by Crippen LogP contribution is -2.42. The van der Waals surface area contributed by atoms with Gasteiger partial charge in [-0.05, 0) is 43.5 Å². The molecule has 3 nitrogen and oxygen atoms in total. The summed E-state index contributed by atoms with van der Waals surface area (Å²) in [6, 6.07) is 7.34. The number of rotatable bonds is 5. The first-order valence-corrected chi connectivity index (χ1v) is 6.79. The summed E-state index contributed by atoms with van der Waals surface area (Å²) in [5, 5.41) is 0. The minimum absolute atomic E-state index is 0.160. The molecule has 0 radical (unpaired) electrons. The predicted octanol–water partition coefficient (Wildman–Crippen LogP) is 3.10. The van der Waals surface area contributed by atoms with Gasteiger partial charge >= 0.3 is 0 Å². The Kier molecular flexibility index (Phi) is 4.76. The quantitative estimate of drug-likeness (QED) is 0.749. The van der Waals surface area contributed by atoms with E-state index >= 15 is 0 Å². The Morgan fingerprint density at radius 1 is 1.22 bits per heavy atom. The van der Waals surface area contributed by atoms with Crippen LogP contribution >= 0.6 is 0 Å². The van der Waals surface area contributed by atoms with Crippen LogP contribution in [0.3, 0.4) is 0 Å². The number of carbonyl (C=O) groups excluding carboxylic acids is 1.